The molecule has 6 heteroatoms. The molecule has 0 aliphatic rings. The van der Waals surface area contributed by atoms with E-state index in [9.17, 15) is 0 Å². The minimum absolute atomic E-state index is 0.442. The Hall–Kier alpha value is -1.20. The van der Waals surface area contributed by atoms with Crippen molar-refractivity contribution in [3.05, 3.63) is 23.1 Å². The van der Waals surface area contributed by atoms with Gasteiger partial charge in [0.25, 0.3) is 0 Å². The summed E-state index contributed by atoms with van der Waals surface area (Å²) in [4.78, 5) is 2.00. The van der Waals surface area contributed by atoms with Gasteiger partial charge in [-0.3, -0.25) is 0 Å². The van der Waals surface area contributed by atoms with E-state index in [0.29, 0.717) is 17.3 Å². The summed E-state index contributed by atoms with van der Waals surface area (Å²) in [7, 11) is 3.93. The third-order valence-corrected chi connectivity index (χ3v) is 1.95. The molecule has 74 valence electrons. The van der Waals surface area contributed by atoms with Crippen LogP contribution in [0.25, 0.3) is 5.65 Å². The van der Waals surface area contributed by atoms with Gasteiger partial charge in [0, 0.05) is 0 Å². The summed E-state index contributed by atoms with van der Waals surface area (Å²) in [6.45, 7) is 0.689. The third kappa shape index (κ3) is 1.69. The van der Waals surface area contributed by atoms with Crippen LogP contribution >= 0.6 is 11.6 Å². The van der Waals surface area contributed by atoms with Crippen LogP contribution in [0.5, 0.6) is 0 Å². The zero-order valence-electron chi connectivity index (χ0n) is 7.98. The summed E-state index contributed by atoms with van der Waals surface area (Å²) in [5.74, 6) is 0.785. The molecule has 0 radical (unpaired) electrons. The molecule has 0 unspecified atom stereocenters. The van der Waals surface area contributed by atoms with Gasteiger partial charge in [-0.2, -0.15) is 9.61 Å². The van der Waals surface area contributed by atoms with Gasteiger partial charge in [0.05, 0.1) is 6.54 Å². The van der Waals surface area contributed by atoms with Crippen LogP contribution in [-0.4, -0.2) is 38.8 Å². The minimum Gasteiger partial charge on any atom is -0.302 e. The Morgan fingerprint density at radius 1 is 1.36 bits per heavy atom. The topological polar surface area (TPSA) is 46.3 Å². The van der Waals surface area contributed by atoms with Gasteiger partial charge >= 0.3 is 0 Å². The largest absolute Gasteiger partial charge is 0.302 e. The second-order valence-electron chi connectivity index (χ2n) is 3.28. The van der Waals surface area contributed by atoms with E-state index in [4.69, 9.17) is 11.6 Å². The standard InChI is InChI=1S/C8H10ClN5/c1-13(2)5-8-11-10-7-4-3-6(9)12-14(7)8/h3-4H,5H2,1-2H3. The van der Waals surface area contributed by atoms with E-state index in [1.54, 1.807) is 16.6 Å². The van der Waals surface area contributed by atoms with Gasteiger partial charge in [-0.25, -0.2) is 0 Å². The van der Waals surface area contributed by atoms with Gasteiger partial charge in [-0.05, 0) is 26.2 Å². The van der Waals surface area contributed by atoms with Crippen molar-refractivity contribution in [2.24, 2.45) is 0 Å². The number of hydrogen-bond donors (Lipinski definition) is 0. The Bertz CT molecular complexity index is 450. The molecule has 0 N–H and O–H groups in total. The quantitative estimate of drug-likeness (QED) is 0.739. The lowest BCUT2D eigenvalue weighted by Crippen LogP contribution is -2.14. The lowest BCUT2D eigenvalue weighted by molar-refractivity contribution is 0.386. The molecule has 5 nitrogen and oxygen atoms in total. The minimum atomic E-state index is 0.442. The van der Waals surface area contributed by atoms with E-state index < -0.39 is 0 Å². The molecule has 0 spiro atoms. The average molecular weight is 212 g/mol. The van der Waals surface area contributed by atoms with Gasteiger partial charge < -0.3 is 4.90 Å². The van der Waals surface area contributed by atoms with E-state index in [1.165, 1.54) is 0 Å². The number of fused-ring (bicyclic) bond motifs is 1. The predicted octanol–water partition coefficient (Wildman–Crippen LogP) is 0.839. The van der Waals surface area contributed by atoms with Crippen LogP contribution in [0.3, 0.4) is 0 Å². The average Bonchev–Trinajstić information content (AvgIpc) is 2.47. The number of hydrogen-bond acceptors (Lipinski definition) is 4. The van der Waals surface area contributed by atoms with Crippen molar-refractivity contribution in [3.8, 4) is 0 Å². The number of nitrogens with zero attached hydrogens (tertiary/aromatic N) is 5. The van der Waals surface area contributed by atoms with E-state index in [0.717, 1.165) is 5.82 Å². The third-order valence-electron chi connectivity index (χ3n) is 1.75. The van der Waals surface area contributed by atoms with Crippen LogP contribution in [0.1, 0.15) is 5.82 Å². The summed E-state index contributed by atoms with van der Waals surface area (Å²) in [6.07, 6.45) is 0. The van der Waals surface area contributed by atoms with Gasteiger partial charge in [0.2, 0.25) is 0 Å². The summed E-state index contributed by atoms with van der Waals surface area (Å²) in [5, 5.41) is 12.6. The summed E-state index contributed by atoms with van der Waals surface area (Å²) < 4.78 is 1.66. The molecular weight excluding hydrogens is 202 g/mol. The normalized spacial score (nSPS) is 11.4. The molecule has 14 heavy (non-hydrogen) atoms. The van der Waals surface area contributed by atoms with Crippen LogP contribution in [0, 0.1) is 0 Å². The van der Waals surface area contributed by atoms with Crippen molar-refractivity contribution >= 4 is 17.2 Å². The fourth-order valence-electron chi connectivity index (χ4n) is 1.19. The Morgan fingerprint density at radius 2 is 2.14 bits per heavy atom. The maximum Gasteiger partial charge on any atom is 0.178 e. The molecule has 0 saturated carbocycles. The Labute approximate surface area is 86.3 Å². The van der Waals surface area contributed by atoms with Crippen molar-refractivity contribution < 1.29 is 0 Å². The SMILES string of the molecule is CN(C)Cc1nnc2ccc(Cl)nn12. The van der Waals surface area contributed by atoms with E-state index in [-0.39, 0.29) is 0 Å². The van der Waals surface area contributed by atoms with Gasteiger partial charge in [-0.15, -0.1) is 10.2 Å². The first-order chi connectivity index (χ1) is 6.66. The summed E-state index contributed by atoms with van der Waals surface area (Å²) in [6, 6.07) is 3.49. The summed E-state index contributed by atoms with van der Waals surface area (Å²) >= 11 is 5.78. The zero-order valence-corrected chi connectivity index (χ0v) is 8.73. The lowest BCUT2D eigenvalue weighted by Gasteiger charge is -2.06. The highest BCUT2D eigenvalue weighted by Crippen LogP contribution is 2.07. The monoisotopic (exact) mass is 211 g/mol. The van der Waals surface area contributed by atoms with Gasteiger partial charge in [0.1, 0.15) is 5.15 Å². The molecule has 2 heterocycles. The van der Waals surface area contributed by atoms with Crippen molar-refractivity contribution in [3.63, 3.8) is 0 Å². The van der Waals surface area contributed by atoms with Crippen molar-refractivity contribution in [1.82, 2.24) is 24.7 Å². The molecule has 0 aromatic carbocycles. The van der Waals surface area contributed by atoms with Crippen LogP contribution in [0.15, 0.2) is 12.1 Å². The van der Waals surface area contributed by atoms with Crippen LogP contribution in [0.2, 0.25) is 5.15 Å². The summed E-state index contributed by atoms with van der Waals surface area (Å²) in [5.41, 5.74) is 0.714. The number of halogens is 1. The second kappa shape index (κ2) is 3.51. The smallest absolute Gasteiger partial charge is 0.178 e. The second-order valence-corrected chi connectivity index (χ2v) is 3.67. The number of aromatic nitrogens is 4. The maximum absolute atomic E-state index is 5.78. The van der Waals surface area contributed by atoms with Crippen molar-refractivity contribution in [2.45, 2.75) is 6.54 Å². The van der Waals surface area contributed by atoms with Crippen LogP contribution in [0.4, 0.5) is 0 Å². The molecule has 0 bridgehead atoms. The maximum atomic E-state index is 5.78. The molecule has 2 rings (SSSR count). The van der Waals surface area contributed by atoms with E-state index in [1.807, 2.05) is 19.0 Å². The zero-order chi connectivity index (χ0) is 10.1. The molecular formula is C8H10ClN5. The molecule has 2 aromatic heterocycles. The molecule has 2 aromatic rings. The highest BCUT2D eigenvalue weighted by molar-refractivity contribution is 6.29. The first-order valence-electron chi connectivity index (χ1n) is 4.18. The first kappa shape index (κ1) is 9.36. The number of rotatable bonds is 2. The molecule has 0 aliphatic carbocycles. The van der Waals surface area contributed by atoms with E-state index >= 15 is 0 Å². The Morgan fingerprint density at radius 3 is 2.86 bits per heavy atom. The first-order valence-corrected chi connectivity index (χ1v) is 4.56. The van der Waals surface area contributed by atoms with Crippen molar-refractivity contribution in [1.29, 1.82) is 0 Å². The fraction of sp³-hybridized carbons (Fsp3) is 0.375. The highest BCUT2D eigenvalue weighted by atomic mass is 35.5. The van der Waals surface area contributed by atoms with Crippen molar-refractivity contribution in [2.75, 3.05) is 14.1 Å². The van der Waals surface area contributed by atoms with Gasteiger partial charge in [-0.1, -0.05) is 11.6 Å². The van der Waals surface area contributed by atoms with Gasteiger partial charge in [0.15, 0.2) is 11.5 Å². The lowest BCUT2D eigenvalue weighted by atomic mass is 10.5. The molecule has 0 aliphatic heterocycles. The Kier molecular flexibility index (Phi) is 2.35. The predicted molar refractivity (Wildman–Crippen MR) is 53.2 cm³/mol. The molecule has 0 amide bonds. The van der Waals surface area contributed by atoms with Crippen LogP contribution in [-0.2, 0) is 6.54 Å². The highest BCUT2D eigenvalue weighted by Gasteiger charge is 2.07. The molecule has 0 atom stereocenters. The Balaban J connectivity index is 2.50. The molecule has 0 saturated heterocycles. The molecule has 0 fully saturated rings. The van der Waals surface area contributed by atoms with Crippen LogP contribution < -0.4 is 0 Å². The fourth-order valence-corrected chi connectivity index (χ4v) is 1.33. The van der Waals surface area contributed by atoms with E-state index in [2.05, 4.69) is 15.3 Å².